The third-order valence-electron chi connectivity index (χ3n) is 2.67. The number of carboxylic acids is 1. The molecule has 0 spiro atoms. The zero-order valence-corrected chi connectivity index (χ0v) is 14.6. The van der Waals surface area contributed by atoms with Crippen molar-refractivity contribution in [1.82, 2.24) is 10.2 Å². The predicted octanol–water partition coefficient (Wildman–Crippen LogP) is 3.42. The van der Waals surface area contributed by atoms with Crippen LogP contribution in [-0.4, -0.2) is 35.4 Å². The third-order valence-corrected chi connectivity index (χ3v) is 4.15. The molecule has 6 nitrogen and oxygen atoms in total. The van der Waals surface area contributed by atoms with E-state index in [1.807, 2.05) is 37.2 Å². The second kappa shape index (κ2) is 6.97. The standard InChI is InChI=1S/C14H14BrN3O3S/c1-8-16-17-14(21-8)22-12(13(19)20)7-9-4-5-11(18(2)3)10(15)6-9/h4-7H,1-3H3,(H,19,20)/b12-7-. The Bertz CT molecular complexity index is 728. The predicted molar refractivity (Wildman–Crippen MR) is 89.0 cm³/mol. The van der Waals surface area contributed by atoms with Gasteiger partial charge in [0.1, 0.15) is 4.91 Å². The van der Waals surface area contributed by atoms with Crippen LogP contribution in [0.25, 0.3) is 6.08 Å². The topological polar surface area (TPSA) is 79.5 Å². The maximum atomic E-state index is 11.4. The van der Waals surface area contributed by atoms with E-state index in [9.17, 15) is 9.90 Å². The minimum Gasteiger partial charge on any atom is -0.477 e. The summed E-state index contributed by atoms with van der Waals surface area (Å²) in [5, 5.41) is 17.0. The van der Waals surface area contributed by atoms with Gasteiger partial charge in [-0.2, -0.15) is 0 Å². The van der Waals surface area contributed by atoms with Gasteiger partial charge < -0.3 is 14.4 Å². The number of hydrogen-bond donors (Lipinski definition) is 1. The van der Waals surface area contributed by atoms with Crippen LogP contribution in [0.15, 0.2) is 37.2 Å². The van der Waals surface area contributed by atoms with Gasteiger partial charge in [0.2, 0.25) is 5.89 Å². The molecule has 0 amide bonds. The van der Waals surface area contributed by atoms with Crippen LogP contribution in [0.2, 0.25) is 0 Å². The molecular weight excluding hydrogens is 370 g/mol. The number of halogens is 1. The van der Waals surface area contributed by atoms with Crippen molar-refractivity contribution >= 4 is 45.4 Å². The first-order valence-electron chi connectivity index (χ1n) is 6.26. The molecule has 0 radical (unpaired) electrons. The monoisotopic (exact) mass is 383 g/mol. The van der Waals surface area contributed by atoms with Crippen LogP contribution in [0, 0.1) is 6.92 Å². The Hall–Kier alpha value is -1.80. The average molecular weight is 384 g/mol. The van der Waals surface area contributed by atoms with Crippen molar-refractivity contribution in [3.63, 3.8) is 0 Å². The molecule has 1 aromatic carbocycles. The highest BCUT2D eigenvalue weighted by Crippen LogP contribution is 2.30. The summed E-state index contributed by atoms with van der Waals surface area (Å²) in [5.41, 5.74) is 1.77. The summed E-state index contributed by atoms with van der Waals surface area (Å²) in [6.45, 7) is 1.65. The Morgan fingerprint density at radius 3 is 2.64 bits per heavy atom. The number of hydrogen-bond acceptors (Lipinski definition) is 6. The minimum atomic E-state index is -1.05. The molecule has 0 bridgehead atoms. The molecule has 0 fully saturated rings. The molecule has 0 aliphatic heterocycles. The van der Waals surface area contributed by atoms with Crippen LogP contribution >= 0.6 is 27.7 Å². The summed E-state index contributed by atoms with van der Waals surface area (Å²) in [6, 6.07) is 5.62. The molecule has 0 aliphatic carbocycles. The van der Waals surface area contributed by atoms with E-state index >= 15 is 0 Å². The van der Waals surface area contributed by atoms with Crippen LogP contribution in [0.4, 0.5) is 5.69 Å². The zero-order valence-electron chi connectivity index (χ0n) is 12.2. The number of aromatic nitrogens is 2. The van der Waals surface area contributed by atoms with Crippen LogP contribution in [0.1, 0.15) is 11.5 Å². The van der Waals surface area contributed by atoms with E-state index < -0.39 is 5.97 Å². The lowest BCUT2D eigenvalue weighted by Gasteiger charge is -2.14. The fourth-order valence-corrected chi connectivity index (χ4v) is 3.14. The number of aryl methyl sites for hydroxylation is 1. The second-order valence-corrected chi connectivity index (χ2v) is 6.46. The number of aliphatic carboxylic acids is 1. The fraction of sp³-hybridized carbons (Fsp3) is 0.214. The summed E-state index contributed by atoms with van der Waals surface area (Å²) in [6.07, 6.45) is 1.57. The van der Waals surface area contributed by atoms with E-state index in [4.69, 9.17) is 4.42 Å². The van der Waals surface area contributed by atoms with Crippen molar-refractivity contribution in [1.29, 1.82) is 0 Å². The van der Waals surface area contributed by atoms with Gasteiger partial charge in [0.05, 0.1) is 5.69 Å². The van der Waals surface area contributed by atoms with Gasteiger partial charge in [-0.15, -0.1) is 10.2 Å². The zero-order chi connectivity index (χ0) is 16.3. The number of nitrogens with zero attached hydrogens (tertiary/aromatic N) is 3. The molecule has 0 unspecified atom stereocenters. The normalized spacial score (nSPS) is 11.5. The Morgan fingerprint density at radius 2 is 2.14 bits per heavy atom. The van der Waals surface area contributed by atoms with Gasteiger partial charge in [-0.1, -0.05) is 6.07 Å². The van der Waals surface area contributed by atoms with Gasteiger partial charge in [0, 0.05) is 25.5 Å². The maximum absolute atomic E-state index is 11.4. The molecule has 0 saturated carbocycles. The maximum Gasteiger partial charge on any atom is 0.342 e. The van der Waals surface area contributed by atoms with Crippen molar-refractivity contribution in [2.24, 2.45) is 0 Å². The summed E-state index contributed by atoms with van der Waals surface area (Å²) >= 11 is 4.40. The smallest absolute Gasteiger partial charge is 0.342 e. The summed E-state index contributed by atoms with van der Waals surface area (Å²) in [5.74, 6) is -0.654. The Morgan fingerprint density at radius 1 is 1.41 bits per heavy atom. The molecule has 0 atom stereocenters. The van der Waals surface area contributed by atoms with E-state index in [0.29, 0.717) is 5.89 Å². The lowest BCUT2D eigenvalue weighted by molar-refractivity contribution is -0.131. The van der Waals surface area contributed by atoms with Gasteiger partial charge in [-0.05, 0) is 51.5 Å². The molecule has 8 heteroatoms. The highest BCUT2D eigenvalue weighted by molar-refractivity contribution is 9.10. The molecular formula is C14H14BrN3O3S. The Labute approximate surface area is 140 Å². The number of anilines is 1. The lowest BCUT2D eigenvalue weighted by Crippen LogP contribution is -2.09. The summed E-state index contributed by atoms with van der Waals surface area (Å²) in [4.78, 5) is 13.4. The molecule has 116 valence electrons. The van der Waals surface area contributed by atoms with Crippen molar-refractivity contribution in [2.75, 3.05) is 19.0 Å². The molecule has 0 saturated heterocycles. The molecule has 1 heterocycles. The highest BCUT2D eigenvalue weighted by atomic mass is 79.9. The second-order valence-electron chi connectivity index (χ2n) is 4.61. The van der Waals surface area contributed by atoms with Crippen molar-refractivity contribution in [3.8, 4) is 0 Å². The average Bonchev–Trinajstić information content (AvgIpc) is 2.83. The van der Waals surface area contributed by atoms with Crippen LogP contribution < -0.4 is 4.90 Å². The van der Waals surface area contributed by atoms with Gasteiger partial charge >= 0.3 is 5.97 Å². The van der Waals surface area contributed by atoms with Crippen molar-refractivity contribution in [2.45, 2.75) is 12.1 Å². The van der Waals surface area contributed by atoms with Crippen LogP contribution in [0.3, 0.4) is 0 Å². The summed E-state index contributed by atoms with van der Waals surface area (Å²) < 4.78 is 6.08. The molecule has 1 aromatic heterocycles. The number of benzene rings is 1. The van der Waals surface area contributed by atoms with Gasteiger partial charge in [-0.3, -0.25) is 0 Å². The number of carbonyl (C=O) groups is 1. The van der Waals surface area contributed by atoms with Gasteiger partial charge in [0.25, 0.3) is 5.22 Å². The Kier molecular flexibility index (Phi) is 5.25. The van der Waals surface area contributed by atoms with E-state index in [1.165, 1.54) is 0 Å². The first kappa shape index (κ1) is 16.6. The fourth-order valence-electron chi connectivity index (χ4n) is 1.68. The highest BCUT2D eigenvalue weighted by Gasteiger charge is 2.14. The van der Waals surface area contributed by atoms with Gasteiger partial charge in [0.15, 0.2) is 0 Å². The van der Waals surface area contributed by atoms with E-state index in [0.717, 1.165) is 27.5 Å². The van der Waals surface area contributed by atoms with Gasteiger partial charge in [-0.25, -0.2) is 4.79 Å². The van der Waals surface area contributed by atoms with Crippen molar-refractivity contribution in [3.05, 3.63) is 39.0 Å². The van der Waals surface area contributed by atoms with E-state index in [-0.39, 0.29) is 10.1 Å². The minimum absolute atomic E-state index is 0.105. The molecule has 2 rings (SSSR count). The number of carboxylic acid groups (broad SMARTS) is 1. The third kappa shape index (κ3) is 4.11. The van der Waals surface area contributed by atoms with Crippen LogP contribution in [0.5, 0.6) is 0 Å². The molecule has 2 aromatic rings. The van der Waals surface area contributed by atoms with E-state index in [1.54, 1.807) is 13.0 Å². The SMILES string of the molecule is Cc1nnc(S/C(=C\c2ccc(N(C)C)c(Br)c2)C(=O)O)o1. The summed E-state index contributed by atoms with van der Waals surface area (Å²) in [7, 11) is 3.87. The lowest BCUT2D eigenvalue weighted by atomic mass is 10.2. The molecule has 0 aliphatic rings. The first-order chi connectivity index (χ1) is 10.4. The van der Waals surface area contributed by atoms with E-state index in [2.05, 4.69) is 26.1 Å². The molecule has 22 heavy (non-hydrogen) atoms. The first-order valence-corrected chi connectivity index (χ1v) is 7.87. The number of thioether (sulfide) groups is 1. The number of rotatable bonds is 5. The quantitative estimate of drug-likeness (QED) is 0.625. The molecule has 1 N–H and O–H groups in total. The largest absolute Gasteiger partial charge is 0.477 e. The van der Waals surface area contributed by atoms with Crippen molar-refractivity contribution < 1.29 is 14.3 Å². The van der Waals surface area contributed by atoms with Crippen LogP contribution in [-0.2, 0) is 4.79 Å². The Balaban J connectivity index is 2.30.